The summed E-state index contributed by atoms with van der Waals surface area (Å²) in [5.74, 6) is 1.39. The quantitative estimate of drug-likeness (QED) is 0.877. The molecule has 0 bridgehead atoms. The lowest BCUT2D eigenvalue weighted by Gasteiger charge is -2.27. The Morgan fingerprint density at radius 2 is 2.12 bits per heavy atom. The van der Waals surface area contributed by atoms with Crippen LogP contribution in [0.3, 0.4) is 0 Å². The first kappa shape index (κ1) is 16.4. The van der Waals surface area contributed by atoms with Crippen LogP contribution in [-0.4, -0.2) is 47.2 Å². The van der Waals surface area contributed by atoms with Gasteiger partial charge in [0.1, 0.15) is 12.1 Å². The zero-order valence-corrected chi connectivity index (χ0v) is 13.9. The summed E-state index contributed by atoms with van der Waals surface area (Å²) in [4.78, 5) is 27.1. The van der Waals surface area contributed by atoms with E-state index in [0.717, 1.165) is 24.6 Å². The number of aromatic nitrogens is 3. The standard InChI is InChI=1S/C16H21N5O3/c1-3-14-20-11(2)15(24-14)16(22)17-9-12-8-13(19-10-18-12)21-4-6-23-7-5-21/h8,10H,3-7,9H2,1-2H3,(H,17,22). The van der Waals surface area contributed by atoms with Gasteiger partial charge in [0.05, 0.1) is 31.1 Å². The molecule has 128 valence electrons. The zero-order chi connectivity index (χ0) is 16.9. The maximum atomic E-state index is 12.2. The summed E-state index contributed by atoms with van der Waals surface area (Å²) < 4.78 is 10.8. The molecule has 8 nitrogen and oxygen atoms in total. The van der Waals surface area contributed by atoms with E-state index in [4.69, 9.17) is 9.15 Å². The van der Waals surface area contributed by atoms with Crippen molar-refractivity contribution >= 4 is 11.7 Å². The highest BCUT2D eigenvalue weighted by atomic mass is 16.5. The van der Waals surface area contributed by atoms with Crippen LogP contribution in [0.4, 0.5) is 5.82 Å². The molecule has 1 amide bonds. The van der Waals surface area contributed by atoms with E-state index in [-0.39, 0.29) is 11.7 Å². The van der Waals surface area contributed by atoms with Gasteiger partial charge in [-0.25, -0.2) is 15.0 Å². The van der Waals surface area contributed by atoms with Crippen LogP contribution in [0.15, 0.2) is 16.8 Å². The number of morpholine rings is 1. The van der Waals surface area contributed by atoms with Gasteiger partial charge in [0, 0.05) is 25.6 Å². The van der Waals surface area contributed by atoms with E-state index in [9.17, 15) is 4.79 Å². The summed E-state index contributed by atoms with van der Waals surface area (Å²) >= 11 is 0. The molecule has 0 spiro atoms. The van der Waals surface area contributed by atoms with Gasteiger partial charge in [-0.05, 0) is 6.92 Å². The minimum atomic E-state index is -0.286. The Balaban J connectivity index is 1.63. The van der Waals surface area contributed by atoms with Crippen molar-refractivity contribution in [3.8, 4) is 0 Å². The second-order valence-electron chi connectivity index (χ2n) is 5.53. The Morgan fingerprint density at radius 3 is 2.83 bits per heavy atom. The fourth-order valence-electron chi connectivity index (χ4n) is 2.51. The fourth-order valence-corrected chi connectivity index (χ4v) is 2.51. The maximum Gasteiger partial charge on any atom is 0.289 e. The van der Waals surface area contributed by atoms with Crippen LogP contribution < -0.4 is 10.2 Å². The summed E-state index contributed by atoms with van der Waals surface area (Å²) in [7, 11) is 0. The highest BCUT2D eigenvalue weighted by Crippen LogP contribution is 2.14. The number of nitrogens with one attached hydrogen (secondary N) is 1. The van der Waals surface area contributed by atoms with E-state index in [2.05, 4.69) is 25.2 Å². The molecule has 1 fully saturated rings. The van der Waals surface area contributed by atoms with Gasteiger partial charge in [-0.3, -0.25) is 4.79 Å². The number of nitrogens with zero attached hydrogens (tertiary/aromatic N) is 4. The molecule has 0 atom stereocenters. The van der Waals surface area contributed by atoms with Crippen LogP contribution >= 0.6 is 0 Å². The van der Waals surface area contributed by atoms with Crippen LogP contribution in [0.1, 0.15) is 34.8 Å². The van der Waals surface area contributed by atoms with Crippen molar-refractivity contribution in [1.29, 1.82) is 0 Å². The van der Waals surface area contributed by atoms with Crippen molar-refractivity contribution in [2.45, 2.75) is 26.8 Å². The molecule has 1 N–H and O–H groups in total. The number of carbonyl (C=O) groups is 1. The lowest BCUT2D eigenvalue weighted by atomic mass is 10.3. The molecule has 3 heterocycles. The smallest absolute Gasteiger partial charge is 0.289 e. The van der Waals surface area contributed by atoms with E-state index in [0.29, 0.717) is 37.8 Å². The molecule has 1 aliphatic rings. The summed E-state index contributed by atoms with van der Waals surface area (Å²) in [6, 6.07) is 1.89. The third-order valence-electron chi connectivity index (χ3n) is 3.82. The number of amides is 1. The van der Waals surface area contributed by atoms with E-state index in [1.807, 2.05) is 13.0 Å². The molecule has 0 aliphatic carbocycles. The average molecular weight is 331 g/mol. The number of anilines is 1. The van der Waals surface area contributed by atoms with Crippen molar-refractivity contribution in [3.05, 3.63) is 35.4 Å². The van der Waals surface area contributed by atoms with E-state index < -0.39 is 0 Å². The Hall–Kier alpha value is -2.48. The SMILES string of the molecule is CCc1nc(C)c(C(=O)NCc2cc(N3CCOCC3)ncn2)o1. The molecule has 3 rings (SSSR count). The lowest BCUT2D eigenvalue weighted by molar-refractivity contribution is 0.0920. The molecule has 0 radical (unpaired) electrons. The summed E-state index contributed by atoms with van der Waals surface area (Å²) in [5.41, 5.74) is 1.34. The minimum absolute atomic E-state index is 0.259. The molecule has 0 saturated carbocycles. The average Bonchev–Trinajstić information content (AvgIpc) is 3.02. The van der Waals surface area contributed by atoms with Crippen molar-refractivity contribution in [3.63, 3.8) is 0 Å². The summed E-state index contributed by atoms with van der Waals surface area (Å²) in [6.07, 6.45) is 2.17. The number of oxazole rings is 1. The Bertz CT molecular complexity index is 709. The van der Waals surface area contributed by atoms with Gasteiger partial charge in [0.15, 0.2) is 5.89 Å². The van der Waals surface area contributed by atoms with Crippen LogP contribution in [0.25, 0.3) is 0 Å². The number of carbonyl (C=O) groups excluding carboxylic acids is 1. The van der Waals surface area contributed by atoms with Crippen LogP contribution in [0.5, 0.6) is 0 Å². The predicted molar refractivity (Wildman–Crippen MR) is 86.9 cm³/mol. The second kappa shape index (κ2) is 7.39. The van der Waals surface area contributed by atoms with E-state index >= 15 is 0 Å². The molecule has 2 aromatic heterocycles. The highest BCUT2D eigenvalue weighted by molar-refractivity contribution is 5.92. The fraction of sp³-hybridized carbons (Fsp3) is 0.500. The van der Waals surface area contributed by atoms with Crippen molar-refractivity contribution in [2.24, 2.45) is 0 Å². The van der Waals surface area contributed by atoms with Gasteiger partial charge in [0.2, 0.25) is 5.76 Å². The first-order valence-corrected chi connectivity index (χ1v) is 8.05. The van der Waals surface area contributed by atoms with Gasteiger partial charge >= 0.3 is 0 Å². The normalized spacial score (nSPS) is 14.7. The number of aryl methyl sites for hydroxylation is 2. The zero-order valence-electron chi connectivity index (χ0n) is 13.9. The van der Waals surface area contributed by atoms with Crippen molar-refractivity contribution < 1.29 is 13.9 Å². The van der Waals surface area contributed by atoms with Crippen molar-refractivity contribution in [1.82, 2.24) is 20.3 Å². The second-order valence-corrected chi connectivity index (χ2v) is 5.53. The van der Waals surface area contributed by atoms with Crippen LogP contribution in [0, 0.1) is 6.92 Å². The number of hydrogen-bond donors (Lipinski definition) is 1. The van der Waals surface area contributed by atoms with E-state index in [1.54, 1.807) is 6.92 Å². The molecule has 0 aromatic carbocycles. The third kappa shape index (κ3) is 3.70. The van der Waals surface area contributed by atoms with Gasteiger partial charge < -0.3 is 19.4 Å². The molecule has 2 aromatic rings. The lowest BCUT2D eigenvalue weighted by Crippen LogP contribution is -2.37. The Morgan fingerprint density at radius 1 is 1.33 bits per heavy atom. The maximum absolute atomic E-state index is 12.2. The van der Waals surface area contributed by atoms with Gasteiger partial charge in [0.25, 0.3) is 5.91 Å². The van der Waals surface area contributed by atoms with Crippen LogP contribution in [0.2, 0.25) is 0 Å². The molecular weight excluding hydrogens is 310 g/mol. The largest absolute Gasteiger partial charge is 0.435 e. The molecule has 8 heteroatoms. The molecule has 0 unspecified atom stereocenters. The first-order valence-electron chi connectivity index (χ1n) is 8.05. The summed E-state index contributed by atoms with van der Waals surface area (Å²) in [5, 5.41) is 2.82. The predicted octanol–water partition coefficient (Wildman–Crippen LogP) is 1.10. The Kier molecular flexibility index (Phi) is 5.05. The monoisotopic (exact) mass is 331 g/mol. The van der Waals surface area contributed by atoms with Gasteiger partial charge in [-0.1, -0.05) is 6.92 Å². The van der Waals surface area contributed by atoms with Crippen molar-refractivity contribution in [2.75, 3.05) is 31.2 Å². The molecule has 1 aliphatic heterocycles. The Labute approximate surface area is 140 Å². The van der Waals surface area contributed by atoms with Crippen LogP contribution in [-0.2, 0) is 17.7 Å². The topological polar surface area (TPSA) is 93.4 Å². The minimum Gasteiger partial charge on any atom is -0.435 e. The third-order valence-corrected chi connectivity index (χ3v) is 3.82. The number of ether oxygens (including phenoxy) is 1. The summed E-state index contributed by atoms with van der Waals surface area (Å²) in [6.45, 7) is 7.00. The molecule has 24 heavy (non-hydrogen) atoms. The number of hydrogen-bond acceptors (Lipinski definition) is 7. The first-order chi connectivity index (χ1) is 11.7. The molecular formula is C16H21N5O3. The number of rotatable bonds is 5. The van der Waals surface area contributed by atoms with E-state index in [1.165, 1.54) is 6.33 Å². The van der Waals surface area contributed by atoms with Gasteiger partial charge in [-0.15, -0.1) is 0 Å². The highest BCUT2D eigenvalue weighted by Gasteiger charge is 2.17. The molecule has 1 saturated heterocycles. The van der Waals surface area contributed by atoms with Gasteiger partial charge in [-0.2, -0.15) is 0 Å².